The van der Waals surface area contributed by atoms with Crippen LogP contribution >= 0.6 is 0 Å². The first-order valence-electron chi connectivity index (χ1n) is 3.69. The molecule has 0 fully saturated rings. The number of nitrogens with zero attached hydrogens (tertiary/aromatic N) is 1. The van der Waals surface area contributed by atoms with Crippen molar-refractivity contribution in [2.45, 2.75) is 12.8 Å². The highest BCUT2D eigenvalue weighted by Crippen LogP contribution is 1.84. The standard InChI is InChI=1S/C5H14N4.H2O4S/c6-3-1-2-4-9-5(7)8;1-5(2,3)4/h1-4,6H2,(H4,7,8,9);(H2,1,2,3,4)/p-2. The lowest BCUT2D eigenvalue weighted by atomic mass is 10.3. The lowest BCUT2D eigenvalue weighted by molar-refractivity contribution is 0.352. The summed E-state index contributed by atoms with van der Waals surface area (Å²) in [7, 11) is -5.17. The number of nitrogens with two attached hydrogens (primary N) is 3. The molecular formula is C5H14N4O4S-2. The second-order valence-corrected chi connectivity index (χ2v) is 3.03. The number of unbranched alkanes of at least 4 members (excludes halogenated alkanes) is 1. The van der Waals surface area contributed by atoms with E-state index in [0.717, 1.165) is 12.8 Å². The van der Waals surface area contributed by atoms with Gasteiger partial charge in [0.15, 0.2) is 5.96 Å². The summed E-state index contributed by atoms with van der Waals surface area (Å²) >= 11 is 0. The molecule has 8 nitrogen and oxygen atoms in total. The molecule has 0 aromatic rings. The van der Waals surface area contributed by atoms with Crippen LogP contribution in [0.25, 0.3) is 0 Å². The summed E-state index contributed by atoms with van der Waals surface area (Å²) in [5, 5.41) is 0. The first kappa shape index (κ1) is 15.6. The SMILES string of the molecule is NCCCCN=C(N)N.O=S(=O)([O-])[O-]. The van der Waals surface area contributed by atoms with Crippen molar-refractivity contribution in [3.8, 4) is 0 Å². The highest BCUT2D eigenvalue weighted by atomic mass is 32.3. The zero-order chi connectivity index (χ0) is 11.6. The van der Waals surface area contributed by atoms with Crippen molar-refractivity contribution in [3.05, 3.63) is 0 Å². The van der Waals surface area contributed by atoms with Crippen LogP contribution in [0.4, 0.5) is 0 Å². The molecule has 0 bridgehead atoms. The topological polar surface area (TPSA) is 171 Å². The molecule has 0 saturated heterocycles. The van der Waals surface area contributed by atoms with Crippen LogP contribution in [0.5, 0.6) is 0 Å². The van der Waals surface area contributed by atoms with Crippen molar-refractivity contribution < 1.29 is 17.5 Å². The zero-order valence-electron chi connectivity index (χ0n) is 7.55. The first-order valence-corrected chi connectivity index (χ1v) is 5.03. The third kappa shape index (κ3) is 43.5. The molecule has 0 amide bonds. The highest BCUT2D eigenvalue weighted by Gasteiger charge is 1.82. The van der Waals surface area contributed by atoms with Crippen LogP contribution in [0.1, 0.15) is 12.8 Å². The van der Waals surface area contributed by atoms with Gasteiger partial charge in [0.25, 0.3) is 0 Å². The summed E-state index contributed by atoms with van der Waals surface area (Å²) in [5.74, 6) is 0.159. The number of guanidine groups is 1. The number of rotatable bonds is 4. The smallest absolute Gasteiger partial charge is 0.185 e. The molecule has 86 valence electrons. The highest BCUT2D eigenvalue weighted by molar-refractivity contribution is 7.79. The van der Waals surface area contributed by atoms with Crippen LogP contribution in [-0.2, 0) is 10.4 Å². The van der Waals surface area contributed by atoms with E-state index in [1.165, 1.54) is 0 Å². The van der Waals surface area contributed by atoms with Gasteiger partial charge in [0.2, 0.25) is 0 Å². The Kier molecular flexibility index (Phi) is 9.66. The Balaban J connectivity index is 0. The summed E-state index contributed by atoms with van der Waals surface area (Å²) in [4.78, 5) is 3.78. The minimum Gasteiger partial charge on any atom is -0.759 e. The van der Waals surface area contributed by atoms with Crippen LogP contribution in [0.15, 0.2) is 4.99 Å². The fourth-order valence-electron chi connectivity index (χ4n) is 0.464. The molecule has 0 rings (SSSR count). The Labute approximate surface area is 82.8 Å². The van der Waals surface area contributed by atoms with E-state index in [2.05, 4.69) is 4.99 Å². The van der Waals surface area contributed by atoms with Gasteiger partial charge in [0.05, 0.1) is 0 Å². The average molecular weight is 226 g/mol. The van der Waals surface area contributed by atoms with Gasteiger partial charge in [-0.15, -0.1) is 0 Å². The Morgan fingerprint density at radius 3 is 1.93 bits per heavy atom. The fourth-order valence-corrected chi connectivity index (χ4v) is 0.464. The molecule has 0 aliphatic rings. The van der Waals surface area contributed by atoms with E-state index < -0.39 is 10.4 Å². The van der Waals surface area contributed by atoms with Crippen LogP contribution in [-0.4, -0.2) is 36.6 Å². The third-order valence-corrected chi connectivity index (χ3v) is 0.907. The van der Waals surface area contributed by atoms with Crippen molar-refractivity contribution in [1.29, 1.82) is 0 Å². The fraction of sp³-hybridized carbons (Fsp3) is 0.800. The van der Waals surface area contributed by atoms with E-state index in [1.54, 1.807) is 0 Å². The van der Waals surface area contributed by atoms with Crippen LogP contribution in [0.2, 0.25) is 0 Å². The predicted octanol–water partition coefficient (Wildman–Crippen LogP) is -2.34. The van der Waals surface area contributed by atoms with Crippen LogP contribution < -0.4 is 17.2 Å². The van der Waals surface area contributed by atoms with Crippen LogP contribution in [0.3, 0.4) is 0 Å². The summed E-state index contributed by atoms with van der Waals surface area (Å²) in [5.41, 5.74) is 15.4. The van der Waals surface area contributed by atoms with E-state index in [0.29, 0.717) is 13.1 Å². The molecule has 0 saturated carbocycles. The van der Waals surface area contributed by atoms with Gasteiger partial charge in [-0.3, -0.25) is 13.4 Å². The number of hydrogen-bond donors (Lipinski definition) is 3. The Morgan fingerprint density at radius 2 is 1.64 bits per heavy atom. The molecule has 9 heteroatoms. The van der Waals surface area contributed by atoms with E-state index in [1.807, 2.05) is 0 Å². The summed E-state index contributed by atoms with van der Waals surface area (Å²) in [6.07, 6.45) is 1.95. The van der Waals surface area contributed by atoms with Crippen molar-refractivity contribution in [2.24, 2.45) is 22.2 Å². The quantitative estimate of drug-likeness (QED) is 0.158. The Morgan fingerprint density at radius 1 is 1.21 bits per heavy atom. The van der Waals surface area contributed by atoms with E-state index in [4.69, 9.17) is 34.7 Å². The summed E-state index contributed by atoms with van der Waals surface area (Å²) < 4.78 is 34.1. The van der Waals surface area contributed by atoms with Crippen molar-refractivity contribution >= 4 is 16.4 Å². The van der Waals surface area contributed by atoms with Crippen molar-refractivity contribution in [3.63, 3.8) is 0 Å². The van der Waals surface area contributed by atoms with Gasteiger partial charge in [0.1, 0.15) is 0 Å². The molecule has 0 heterocycles. The van der Waals surface area contributed by atoms with Gasteiger partial charge in [-0.1, -0.05) is 0 Å². The summed E-state index contributed by atoms with van der Waals surface area (Å²) in [6, 6.07) is 0. The van der Waals surface area contributed by atoms with E-state index >= 15 is 0 Å². The third-order valence-electron chi connectivity index (χ3n) is 0.907. The minimum absolute atomic E-state index is 0.159. The van der Waals surface area contributed by atoms with Gasteiger partial charge in [-0.05, 0) is 19.4 Å². The predicted molar refractivity (Wildman–Crippen MR) is 49.4 cm³/mol. The molecule has 0 spiro atoms. The average Bonchev–Trinajstić information content (AvgIpc) is 1.94. The lowest BCUT2D eigenvalue weighted by Crippen LogP contribution is -2.23. The maximum atomic E-state index is 8.52. The molecule has 0 aliphatic carbocycles. The molecule has 0 aliphatic heterocycles. The zero-order valence-corrected chi connectivity index (χ0v) is 8.37. The normalized spacial score (nSPS) is 9.93. The van der Waals surface area contributed by atoms with E-state index in [9.17, 15) is 0 Å². The second-order valence-electron chi connectivity index (χ2n) is 2.21. The van der Waals surface area contributed by atoms with Crippen molar-refractivity contribution in [2.75, 3.05) is 13.1 Å². The largest absolute Gasteiger partial charge is 0.759 e. The lowest BCUT2D eigenvalue weighted by Gasteiger charge is -2.06. The minimum atomic E-state index is -5.17. The molecule has 0 aromatic heterocycles. The second kappa shape index (κ2) is 8.69. The molecular weight excluding hydrogens is 212 g/mol. The Hall–Kier alpha value is -0.900. The summed E-state index contributed by atoms with van der Waals surface area (Å²) in [6.45, 7) is 1.40. The maximum Gasteiger partial charge on any atom is 0.185 e. The maximum absolute atomic E-state index is 8.52. The molecule has 0 atom stereocenters. The first-order chi connectivity index (χ1) is 6.27. The van der Waals surface area contributed by atoms with Gasteiger partial charge in [-0.25, -0.2) is 0 Å². The van der Waals surface area contributed by atoms with Gasteiger partial charge in [0, 0.05) is 16.9 Å². The Bertz CT molecular complexity index is 238. The van der Waals surface area contributed by atoms with Crippen molar-refractivity contribution in [1.82, 2.24) is 0 Å². The van der Waals surface area contributed by atoms with Crippen LogP contribution in [0, 0.1) is 0 Å². The number of aliphatic imine (C=N–C) groups is 1. The van der Waals surface area contributed by atoms with Gasteiger partial charge >= 0.3 is 0 Å². The molecule has 0 aromatic carbocycles. The van der Waals surface area contributed by atoms with Gasteiger partial charge in [-0.2, -0.15) is 0 Å². The monoisotopic (exact) mass is 226 g/mol. The van der Waals surface area contributed by atoms with E-state index in [-0.39, 0.29) is 5.96 Å². The molecule has 14 heavy (non-hydrogen) atoms. The number of hydrogen-bond acceptors (Lipinski definition) is 6. The molecule has 0 unspecified atom stereocenters. The molecule has 0 radical (unpaired) electrons. The van der Waals surface area contributed by atoms with Gasteiger partial charge < -0.3 is 26.3 Å². The molecule has 6 N–H and O–H groups in total.